The smallest absolute Gasteiger partial charge is 0.335 e. The monoisotopic (exact) mass is 454 g/mol. The van der Waals surface area contributed by atoms with E-state index in [1.54, 1.807) is 36.4 Å². The summed E-state index contributed by atoms with van der Waals surface area (Å²) in [6.07, 6.45) is 3.08. The maximum atomic E-state index is 13.0. The fraction of sp³-hybridized carbons (Fsp3) is 0.136. The molecule has 0 unspecified atom stereocenters. The Balaban J connectivity index is 1.98. The van der Waals surface area contributed by atoms with Gasteiger partial charge in [-0.25, -0.2) is 9.69 Å². The number of barbiturate groups is 1. The molecule has 0 atom stereocenters. The number of anilines is 1. The molecule has 0 bridgehead atoms. The molecule has 148 valence electrons. The number of carbonyl (C=O) groups is 3. The molecule has 3 rings (SSSR count). The first kappa shape index (κ1) is 20.5. The van der Waals surface area contributed by atoms with Crippen molar-refractivity contribution in [2.45, 2.75) is 13.8 Å². The van der Waals surface area contributed by atoms with Crippen molar-refractivity contribution in [2.24, 2.45) is 0 Å². The van der Waals surface area contributed by atoms with Crippen molar-refractivity contribution >= 4 is 45.5 Å². The SMILES string of the molecule is C=CCOc1ccc(/C=C2\C(=O)NC(=O)N(c3cccc(C)c3C)C2=O)cc1Br. The predicted octanol–water partition coefficient (Wildman–Crippen LogP) is 4.30. The lowest BCUT2D eigenvalue weighted by Gasteiger charge is -2.28. The summed E-state index contributed by atoms with van der Waals surface area (Å²) >= 11 is 3.41. The number of carbonyl (C=O) groups excluding carboxylic acids is 3. The van der Waals surface area contributed by atoms with Crippen molar-refractivity contribution in [1.82, 2.24) is 5.32 Å². The number of ether oxygens (including phenoxy) is 1. The van der Waals surface area contributed by atoms with Gasteiger partial charge >= 0.3 is 6.03 Å². The largest absolute Gasteiger partial charge is 0.488 e. The fourth-order valence-electron chi connectivity index (χ4n) is 2.89. The molecule has 0 saturated carbocycles. The molecule has 4 amide bonds. The van der Waals surface area contributed by atoms with E-state index in [0.29, 0.717) is 28.1 Å². The number of halogens is 1. The normalized spacial score (nSPS) is 15.5. The number of benzene rings is 2. The van der Waals surface area contributed by atoms with Crippen molar-refractivity contribution in [3.05, 3.63) is 75.8 Å². The number of rotatable bonds is 5. The molecule has 6 nitrogen and oxygen atoms in total. The van der Waals surface area contributed by atoms with Gasteiger partial charge in [0.2, 0.25) is 0 Å². The van der Waals surface area contributed by atoms with Gasteiger partial charge in [0.15, 0.2) is 0 Å². The molecule has 1 heterocycles. The van der Waals surface area contributed by atoms with Crippen molar-refractivity contribution < 1.29 is 19.1 Å². The first-order chi connectivity index (χ1) is 13.8. The zero-order valence-corrected chi connectivity index (χ0v) is 17.6. The second-order valence-electron chi connectivity index (χ2n) is 6.47. The van der Waals surface area contributed by atoms with Crippen LogP contribution in [0.2, 0.25) is 0 Å². The van der Waals surface area contributed by atoms with Crippen LogP contribution in [0, 0.1) is 13.8 Å². The third kappa shape index (κ3) is 4.14. The van der Waals surface area contributed by atoms with Crippen molar-refractivity contribution in [3.63, 3.8) is 0 Å². The van der Waals surface area contributed by atoms with Crippen molar-refractivity contribution in [1.29, 1.82) is 0 Å². The average Bonchev–Trinajstić information content (AvgIpc) is 2.67. The minimum atomic E-state index is -0.764. The zero-order valence-electron chi connectivity index (χ0n) is 16.0. The minimum absolute atomic E-state index is 0.128. The lowest BCUT2D eigenvalue weighted by molar-refractivity contribution is -0.122. The van der Waals surface area contributed by atoms with Gasteiger partial charge in [0.05, 0.1) is 10.2 Å². The first-order valence-electron chi connectivity index (χ1n) is 8.84. The second kappa shape index (κ2) is 8.45. The number of urea groups is 1. The van der Waals surface area contributed by atoms with Gasteiger partial charge in [-0.05, 0) is 70.7 Å². The maximum absolute atomic E-state index is 13.0. The Labute approximate surface area is 177 Å². The van der Waals surface area contributed by atoms with Gasteiger partial charge in [-0.1, -0.05) is 30.9 Å². The van der Waals surface area contributed by atoms with E-state index >= 15 is 0 Å². The molecule has 1 saturated heterocycles. The molecule has 1 fully saturated rings. The van der Waals surface area contributed by atoms with Crippen LogP contribution in [0.1, 0.15) is 16.7 Å². The second-order valence-corrected chi connectivity index (χ2v) is 7.32. The van der Waals surface area contributed by atoms with Crippen LogP contribution in [0.3, 0.4) is 0 Å². The number of hydrogen-bond acceptors (Lipinski definition) is 4. The van der Waals surface area contributed by atoms with E-state index in [-0.39, 0.29) is 5.57 Å². The van der Waals surface area contributed by atoms with E-state index in [4.69, 9.17) is 4.74 Å². The molecule has 0 spiro atoms. The van der Waals surface area contributed by atoms with Crippen LogP contribution < -0.4 is 15.0 Å². The highest BCUT2D eigenvalue weighted by molar-refractivity contribution is 9.10. The predicted molar refractivity (Wildman–Crippen MR) is 115 cm³/mol. The summed E-state index contributed by atoms with van der Waals surface area (Å²) < 4.78 is 6.17. The minimum Gasteiger partial charge on any atom is -0.488 e. The molecule has 29 heavy (non-hydrogen) atoms. The van der Waals surface area contributed by atoms with Gasteiger partial charge in [0.25, 0.3) is 11.8 Å². The summed E-state index contributed by atoms with van der Waals surface area (Å²) in [4.78, 5) is 38.8. The van der Waals surface area contributed by atoms with E-state index in [9.17, 15) is 14.4 Å². The van der Waals surface area contributed by atoms with Gasteiger partial charge < -0.3 is 4.74 Å². The Morgan fingerprint density at radius 2 is 1.93 bits per heavy atom. The van der Waals surface area contributed by atoms with Gasteiger partial charge in [-0.2, -0.15) is 0 Å². The average molecular weight is 455 g/mol. The molecule has 0 aliphatic carbocycles. The summed E-state index contributed by atoms with van der Waals surface area (Å²) in [7, 11) is 0. The Kier molecular flexibility index (Phi) is 5.98. The molecule has 0 aromatic heterocycles. The summed E-state index contributed by atoms with van der Waals surface area (Å²) in [6.45, 7) is 7.67. The van der Waals surface area contributed by atoms with Crippen LogP contribution in [0.5, 0.6) is 5.75 Å². The van der Waals surface area contributed by atoms with Gasteiger partial charge in [-0.15, -0.1) is 0 Å². The zero-order chi connectivity index (χ0) is 21.1. The summed E-state index contributed by atoms with van der Waals surface area (Å²) in [6, 6.07) is 9.73. The lowest BCUT2D eigenvalue weighted by atomic mass is 10.0. The Hall–Kier alpha value is -3.19. The highest BCUT2D eigenvalue weighted by atomic mass is 79.9. The summed E-state index contributed by atoms with van der Waals surface area (Å²) in [5, 5.41) is 2.24. The van der Waals surface area contributed by atoms with Gasteiger partial charge in [0, 0.05) is 0 Å². The molecule has 2 aromatic rings. The van der Waals surface area contributed by atoms with Crippen LogP contribution in [-0.2, 0) is 9.59 Å². The van der Waals surface area contributed by atoms with Crippen molar-refractivity contribution in [3.8, 4) is 5.75 Å². The van der Waals surface area contributed by atoms with Crippen LogP contribution in [0.4, 0.5) is 10.5 Å². The van der Waals surface area contributed by atoms with Crippen LogP contribution in [0.25, 0.3) is 6.08 Å². The van der Waals surface area contributed by atoms with Crippen molar-refractivity contribution in [2.75, 3.05) is 11.5 Å². The van der Waals surface area contributed by atoms with E-state index in [1.165, 1.54) is 6.08 Å². The van der Waals surface area contributed by atoms with E-state index in [0.717, 1.165) is 16.0 Å². The van der Waals surface area contributed by atoms with Crippen LogP contribution in [0.15, 0.2) is 59.1 Å². The lowest BCUT2D eigenvalue weighted by Crippen LogP contribution is -2.54. The number of nitrogens with one attached hydrogen (secondary N) is 1. The molecule has 2 aromatic carbocycles. The first-order valence-corrected chi connectivity index (χ1v) is 9.63. The number of nitrogens with zero attached hydrogens (tertiary/aromatic N) is 1. The Morgan fingerprint density at radius 3 is 2.62 bits per heavy atom. The van der Waals surface area contributed by atoms with Crippen LogP contribution >= 0.6 is 15.9 Å². The van der Waals surface area contributed by atoms with E-state index in [1.807, 2.05) is 19.9 Å². The fourth-order valence-corrected chi connectivity index (χ4v) is 3.40. The standard InChI is InChI=1S/C22H19BrN2O4/c1-4-10-29-19-9-8-15(12-17(19)23)11-16-20(26)24-22(28)25(21(16)27)18-7-5-6-13(2)14(18)3/h4-9,11-12H,1,10H2,2-3H3,(H,24,26,28)/b16-11+. The highest BCUT2D eigenvalue weighted by Gasteiger charge is 2.37. The number of amides is 4. The van der Waals surface area contributed by atoms with E-state index in [2.05, 4.69) is 27.8 Å². The Morgan fingerprint density at radius 1 is 1.17 bits per heavy atom. The molecule has 0 radical (unpaired) electrons. The van der Waals surface area contributed by atoms with E-state index < -0.39 is 17.8 Å². The number of imide groups is 2. The molecule has 1 aliphatic rings. The van der Waals surface area contributed by atoms with Gasteiger partial charge in [-0.3, -0.25) is 14.9 Å². The topological polar surface area (TPSA) is 75.7 Å². The Bertz CT molecular complexity index is 1060. The highest BCUT2D eigenvalue weighted by Crippen LogP contribution is 2.29. The molecule has 1 N–H and O–H groups in total. The summed E-state index contributed by atoms with van der Waals surface area (Å²) in [5.41, 5.74) is 2.65. The third-order valence-corrected chi connectivity index (χ3v) is 5.16. The third-order valence-electron chi connectivity index (χ3n) is 4.54. The van der Waals surface area contributed by atoms with Crippen LogP contribution in [-0.4, -0.2) is 24.5 Å². The maximum Gasteiger partial charge on any atom is 0.335 e. The molecule has 7 heteroatoms. The molecular formula is C22H19BrN2O4. The molecule has 1 aliphatic heterocycles. The number of hydrogen-bond donors (Lipinski definition) is 1. The number of aryl methyl sites for hydroxylation is 1. The summed E-state index contributed by atoms with van der Waals surface area (Å²) in [5.74, 6) is -0.793. The molecular weight excluding hydrogens is 436 g/mol. The van der Waals surface area contributed by atoms with Gasteiger partial charge in [0.1, 0.15) is 17.9 Å². The quantitative estimate of drug-likeness (QED) is 0.415.